The lowest BCUT2D eigenvalue weighted by molar-refractivity contribution is 0.158. The van der Waals surface area contributed by atoms with Crippen molar-refractivity contribution in [1.29, 1.82) is 0 Å². The Morgan fingerprint density at radius 3 is 2.63 bits per heavy atom. The maximum atomic E-state index is 12.7. The minimum absolute atomic E-state index is 0.0153. The number of methoxy groups -OCH3 is 1. The van der Waals surface area contributed by atoms with Crippen molar-refractivity contribution in [3.05, 3.63) is 52.2 Å². The van der Waals surface area contributed by atoms with Crippen molar-refractivity contribution in [3.63, 3.8) is 0 Å². The van der Waals surface area contributed by atoms with Crippen LogP contribution in [0.3, 0.4) is 0 Å². The third-order valence-corrected chi connectivity index (χ3v) is 4.48. The molecule has 1 aliphatic heterocycles. The molecule has 6 nitrogen and oxygen atoms in total. The van der Waals surface area contributed by atoms with Gasteiger partial charge < -0.3 is 24.1 Å². The topological polar surface area (TPSA) is 89.1 Å². The van der Waals surface area contributed by atoms with Gasteiger partial charge in [-0.1, -0.05) is 0 Å². The monoisotopic (exact) mass is 366 g/mol. The average molecular weight is 366 g/mol. The normalized spacial score (nSPS) is 14.6. The number of phenols is 2. The molecule has 2 heterocycles. The van der Waals surface area contributed by atoms with Crippen molar-refractivity contribution in [2.45, 2.75) is 19.4 Å². The second kappa shape index (κ2) is 5.81. The fraction of sp³-hybridized carbons (Fsp3) is 0.190. The van der Waals surface area contributed by atoms with Gasteiger partial charge in [-0.25, -0.2) is 0 Å². The van der Waals surface area contributed by atoms with Gasteiger partial charge in [-0.15, -0.1) is 0 Å². The van der Waals surface area contributed by atoms with Crippen LogP contribution < -0.4 is 14.9 Å². The molecule has 1 aromatic heterocycles. The van der Waals surface area contributed by atoms with Gasteiger partial charge in [0.25, 0.3) is 0 Å². The molecule has 2 aromatic carbocycles. The summed E-state index contributed by atoms with van der Waals surface area (Å²) in [6.07, 6.45) is 3.56. The number of hydrogen-bond acceptors (Lipinski definition) is 6. The van der Waals surface area contributed by atoms with Crippen molar-refractivity contribution >= 4 is 17.0 Å². The van der Waals surface area contributed by atoms with E-state index in [9.17, 15) is 15.0 Å². The second-order valence-electron chi connectivity index (χ2n) is 6.91. The number of benzene rings is 2. The van der Waals surface area contributed by atoms with E-state index in [4.69, 9.17) is 13.9 Å². The Morgan fingerprint density at radius 2 is 1.89 bits per heavy atom. The van der Waals surface area contributed by atoms with E-state index in [0.29, 0.717) is 16.9 Å². The SMILES string of the molecule is COc1cc(-c2cc(=O)c3c(O)c4c(cc3o2)OC(C)(C)C=C4)ccc1O. The van der Waals surface area contributed by atoms with E-state index < -0.39 is 5.60 Å². The first-order valence-corrected chi connectivity index (χ1v) is 8.38. The van der Waals surface area contributed by atoms with Crippen molar-refractivity contribution in [2.24, 2.45) is 0 Å². The first kappa shape index (κ1) is 17.0. The number of hydrogen-bond donors (Lipinski definition) is 2. The molecular formula is C21H18O6. The molecule has 4 rings (SSSR count). The van der Waals surface area contributed by atoms with Crippen LogP contribution in [0.5, 0.6) is 23.0 Å². The predicted molar refractivity (Wildman–Crippen MR) is 102 cm³/mol. The molecule has 3 aromatic rings. The number of phenolic OH excluding ortho intramolecular Hbond substituents is 2. The molecule has 1 aliphatic rings. The molecule has 0 radical (unpaired) electrons. The molecule has 27 heavy (non-hydrogen) atoms. The minimum atomic E-state index is -0.532. The Kier molecular flexibility index (Phi) is 3.66. The summed E-state index contributed by atoms with van der Waals surface area (Å²) in [5.74, 6) is 0.807. The highest BCUT2D eigenvalue weighted by atomic mass is 16.5. The van der Waals surface area contributed by atoms with E-state index in [2.05, 4.69) is 0 Å². The maximum absolute atomic E-state index is 12.7. The lowest BCUT2D eigenvalue weighted by Crippen LogP contribution is -2.27. The molecular weight excluding hydrogens is 348 g/mol. The van der Waals surface area contributed by atoms with Crippen LogP contribution in [-0.2, 0) is 0 Å². The Labute approximate surface area is 154 Å². The van der Waals surface area contributed by atoms with E-state index in [1.807, 2.05) is 19.9 Å². The van der Waals surface area contributed by atoms with Crippen molar-refractivity contribution < 1.29 is 24.1 Å². The summed E-state index contributed by atoms with van der Waals surface area (Å²) in [5, 5.41) is 20.4. The zero-order valence-electron chi connectivity index (χ0n) is 15.1. The summed E-state index contributed by atoms with van der Waals surface area (Å²) in [6, 6.07) is 7.55. The van der Waals surface area contributed by atoms with Gasteiger partial charge in [0, 0.05) is 17.7 Å². The van der Waals surface area contributed by atoms with Crippen molar-refractivity contribution in [1.82, 2.24) is 0 Å². The fourth-order valence-electron chi connectivity index (χ4n) is 3.11. The third kappa shape index (κ3) is 2.79. The number of aromatic hydroxyl groups is 2. The van der Waals surface area contributed by atoms with Gasteiger partial charge in [0.2, 0.25) is 0 Å². The second-order valence-corrected chi connectivity index (χ2v) is 6.91. The number of ether oxygens (including phenoxy) is 2. The predicted octanol–water partition coefficient (Wildman–Crippen LogP) is 4.06. The van der Waals surface area contributed by atoms with Crippen LogP contribution in [0, 0.1) is 0 Å². The summed E-state index contributed by atoms with van der Waals surface area (Å²) in [7, 11) is 1.44. The first-order valence-electron chi connectivity index (χ1n) is 8.38. The third-order valence-electron chi connectivity index (χ3n) is 4.48. The Bertz CT molecular complexity index is 1150. The molecule has 0 atom stereocenters. The van der Waals surface area contributed by atoms with Crippen LogP contribution >= 0.6 is 0 Å². The molecule has 6 heteroatoms. The van der Waals surface area contributed by atoms with E-state index in [0.717, 1.165) is 0 Å². The zero-order chi connectivity index (χ0) is 19.3. The van der Waals surface area contributed by atoms with Crippen LogP contribution in [0.25, 0.3) is 28.4 Å². The highest BCUT2D eigenvalue weighted by molar-refractivity contribution is 5.91. The maximum Gasteiger partial charge on any atom is 0.197 e. The minimum Gasteiger partial charge on any atom is -0.506 e. The van der Waals surface area contributed by atoms with E-state index in [-0.39, 0.29) is 39.4 Å². The smallest absolute Gasteiger partial charge is 0.197 e. The Balaban J connectivity index is 1.95. The Hall–Kier alpha value is -3.41. The molecule has 0 saturated carbocycles. The van der Waals surface area contributed by atoms with Gasteiger partial charge in [0.05, 0.1) is 12.7 Å². The molecule has 0 unspecified atom stereocenters. The van der Waals surface area contributed by atoms with Gasteiger partial charge in [0.15, 0.2) is 16.9 Å². The van der Waals surface area contributed by atoms with Crippen molar-refractivity contribution in [3.8, 4) is 34.3 Å². The molecule has 0 saturated heterocycles. The lowest BCUT2D eigenvalue weighted by atomic mass is 9.99. The largest absolute Gasteiger partial charge is 0.506 e. The summed E-state index contributed by atoms with van der Waals surface area (Å²) in [6.45, 7) is 3.78. The van der Waals surface area contributed by atoms with E-state index in [1.54, 1.807) is 24.3 Å². The molecule has 138 valence electrons. The van der Waals surface area contributed by atoms with E-state index in [1.165, 1.54) is 19.2 Å². The highest BCUT2D eigenvalue weighted by Gasteiger charge is 2.26. The average Bonchev–Trinajstić information content (AvgIpc) is 2.60. The van der Waals surface area contributed by atoms with Gasteiger partial charge in [-0.2, -0.15) is 0 Å². The molecule has 0 amide bonds. The summed E-state index contributed by atoms with van der Waals surface area (Å²) in [5.41, 5.74) is 0.314. The Morgan fingerprint density at radius 1 is 1.11 bits per heavy atom. The quantitative estimate of drug-likeness (QED) is 0.711. The lowest BCUT2D eigenvalue weighted by Gasteiger charge is -2.28. The van der Waals surface area contributed by atoms with Crippen LogP contribution in [0.2, 0.25) is 0 Å². The van der Waals surface area contributed by atoms with Crippen LogP contribution in [0.4, 0.5) is 0 Å². The summed E-state index contributed by atoms with van der Waals surface area (Å²) >= 11 is 0. The molecule has 0 spiro atoms. The van der Waals surface area contributed by atoms with Crippen LogP contribution in [0.15, 0.2) is 45.6 Å². The molecule has 0 aliphatic carbocycles. The summed E-state index contributed by atoms with van der Waals surface area (Å²) < 4.78 is 16.9. The zero-order valence-corrected chi connectivity index (χ0v) is 15.1. The van der Waals surface area contributed by atoms with Crippen molar-refractivity contribution in [2.75, 3.05) is 7.11 Å². The number of rotatable bonds is 2. The van der Waals surface area contributed by atoms with Crippen LogP contribution in [0.1, 0.15) is 19.4 Å². The fourth-order valence-corrected chi connectivity index (χ4v) is 3.11. The first-order chi connectivity index (χ1) is 12.8. The molecule has 0 bridgehead atoms. The van der Waals surface area contributed by atoms with Gasteiger partial charge in [-0.05, 0) is 44.2 Å². The van der Waals surface area contributed by atoms with E-state index >= 15 is 0 Å². The van der Waals surface area contributed by atoms with Gasteiger partial charge >= 0.3 is 0 Å². The molecule has 2 N–H and O–H groups in total. The van der Waals surface area contributed by atoms with Crippen LogP contribution in [-0.4, -0.2) is 22.9 Å². The standard InChI is InChI=1S/C21H18O6/c1-21(2)7-6-12-16(27-21)10-18-19(20(12)24)14(23)9-15(26-18)11-4-5-13(22)17(8-11)25-3/h4-10,22,24H,1-3H3. The highest BCUT2D eigenvalue weighted by Crippen LogP contribution is 2.41. The summed E-state index contributed by atoms with van der Waals surface area (Å²) in [4.78, 5) is 12.7. The molecule has 0 fully saturated rings. The van der Waals surface area contributed by atoms with Gasteiger partial charge in [0.1, 0.15) is 33.8 Å². The number of fused-ring (bicyclic) bond motifs is 2. The van der Waals surface area contributed by atoms with Gasteiger partial charge in [-0.3, -0.25) is 4.79 Å².